The first-order valence-electron chi connectivity index (χ1n) is 6.91. The smallest absolute Gasteiger partial charge is 0.255 e. The third kappa shape index (κ3) is 3.46. The van der Waals surface area contributed by atoms with Crippen molar-refractivity contribution >= 4 is 35.1 Å². The minimum absolute atomic E-state index is 0.194. The second-order valence-electron chi connectivity index (χ2n) is 4.85. The number of amides is 1. The van der Waals surface area contributed by atoms with Gasteiger partial charge in [-0.15, -0.1) is 23.5 Å². The molecular weight excluding hydrogens is 312 g/mol. The van der Waals surface area contributed by atoms with Gasteiger partial charge in [0.15, 0.2) is 0 Å². The van der Waals surface area contributed by atoms with E-state index in [4.69, 9.17) is 5.26 Å². The molecular formula is C17H14N2OS2. The van der Waals surface area contributed by atoms with Crippen molar-refractivity contribution in [2.75, 3.05) is 16.8 Å². The molecule has 1 fully saturated rings. The average Bonchev–Trinajstić information content (AvgIpc) is 3.10. The minimum atomic E-state index is -0.194. The molecule has 1 aliphatic heterocycles. The molecule has 1 heterocycles. The summed E-state index contributed by atoms with van der Waals surface area (Å²) in [7, 11) is 0. The number of hydrogen-bond donors (Lipinski definition) is 1. The molecule has 0 radical (unpaired) electrons. The minimum Gasteiger partial charge on any atom is -0.322 e. The molecule has 110 valence electrons. The first kappa shape index (κ1) is 15.0. The van der Waals surface area contributed by atoms with E-state index in [2.05, 4.69) is 11.4 Å². The SMILES string of the molecule is N#Cc1cccc(C(=O)Nc2cccc(C3SCCS3)c2)c1. The summed E-state index contributed by atoms with van der Waals surface area (Å²) in [6.45, 7) is 0. The van der Waals surface area contributed by atoms with Gasteiger partial charge < -0.3 is 5.32 Å². The Morgan fingerprint density at radius 3 is 2.68 bits per heavy atom. The monoisotopic (exact) mass is 326 g/mol. The van der Waals surface area contributed by atoms with E-state index >= 15 is 0 Å². The van der Waals surface area contributed by atoms with Crippen LogP contribution in [0.3, 0.4) is 0 Å². The Morgan fingerprint density at radius 1 is 1.14 bits per heavy atom. The maximum Gasteiger partial charge on any atom is 0.255 e. The van der Waals surface area contributed by atoms with Crippen LogP contribution in [0.1, 0.15) is 26.1 Å². The van der Waals surface area contributed by atoms with Gasteiger partial charge in [0.25, 0.3) is 5.91 Å². The fraction of sp³-hybridized carbons (Fsp3) is 0.176. The second kappa shape index (κ2) is 6.91. The van der Waals surface area contributed by atoms with Crippen LogP contribution >= 0.6 is 23.5 Å². The van der Waals surface area contributed by atoms with Crippen molar-refractivity contribution in [3.63, 3.8) is 0 Å². The molecule has 1 saturated heterocycles. The van der Waals surface area contributed by atoms with Crippen LogP contribution in [-0.4, -0.2) is 17.4 Å². The van der Waals surface area contributed by atoms with Crippen molar-refractivity contribution in [2.24, 2.45) is 0 Å². The maximum atomic E-state index is 12.3. The standard InChI is InChI=1S/C17H14N2OS2/c18-11-12-3-1-4-13(9-12)16(20)19-15-6-2-5-14(10-15)17-21-7-8-22-17/h1-6,9-10,17H,7-8H2,(H,19,20). The van der Waals surface area contributed by atoms with Gasteiger partial charge in [-0.2, -0.15) is 5.26 Å². The Morgan fingerprint density at radius 2 is 1.91 bits per heavy atom. The van der Waals surface area contributed by atoms with Crippen molar-refractivity contribution in [2.45, 2.75) is 4.58 Å². The first-order chi connectivity index (χ1) is 10.8. The molecule has 5 heteroatoms. The molecule has 22 heavy (non-hydrogen) atoms. The average molecular weight is 326 g/mol. The van der Waals surface area contributed by atoms with Gasteiger partial charge >= 0.3 is 0 Å². The van der Waals surface area contributed by atoms with E-state index in [1.807, 2.05) is 47.8 Å². The van der Waals surface area contributed by atoms with Crippen molar-refractivity contribution < 1.29 is 4.79 Å². The molecule has 0 aromatic heterocycles. The molecule has 0 atom stereocenters. The summed E-state index contributed by atoms with van der Waals surface area (Å²) in [6, 6.07) is 16.7. The normalized spacial score (nSPS) is 14.5. The molecule has 1 N–H and O–H groups in total. The van der Waals surface area contributed by atoms with Crippen LogP contribution in [-0.2, 0) is 0 Å². The second-order valence-corrected chi connectivity index (χ2v) is 7.57. The third-order valence-corrected chi connectivity index (χ3v) is 6.40. The predicted octanol–water partition coefficient (Wildman–Crippen LogP) is 4.29. The molecule has 1 aliphatic rings. The van der Waals surface area contributed by atoms with Crippen molar-refractivity contribution in [3.05, 3.63) is 65.2 Å². The van der Waals surface area contributed by atoms with Gasteiger partial charge in [-0.25, -0.2) is 0 Å². The largest absolute Gasteiger partial charge is 0.322 e. The number of benzene rings is 2. The molecule has 0 bridgehead atoms. The predicted molar refractivity (Wildman–Crippen MR) is 93.2 cm³/mol. The molecule has 0 saturated carbocycles. The van der Waals surface area contributed by atoms with Crippen LogP contribution in [0.4, 0.5) is 5.69 Å². The number of hydrogen-bond acceptors (Lipinski definition) is 4. The Hall–Kier alpha value is -1.90. The van der Waals surface area contributed by atoms with Crippen LogP contribution < -0.4 is 5.32 Å². The number of anilines is 1. The summed E-state index contributed by atoms with van der Waals surface area (Å²) < 4.78 is 0.457. The third-order valence-electron chi connectivity index (χ3n) is 3.29. The Bertz CT molecular complexity index is 733. The lowest BCUT2D eigenvalue weighted by atomic mass is 10.1. The highest BCUT2D eigenvalue weighted by atomic mass is 32.2. The number of carbonyl (C=O) groups excluding carboxylic acids is 1. The lowest BCUT2D eigenvalue weighted by molar-refractivity contribution is 0.102. The summed E-state index contributed by atoms with van der Waals surface area (Å²) in [5.41, 5.74) is 3.00. The van der Waals surface area contributed by atoms with E-state index in [-0.39, 0.29) is 5.91 Å². The van der Waals surface area contributed by atoms with Gasteiger partial charge in [-0.1, -0.05) is 18.2 Å². The molecule has 3 rings (SSSR count). The zero-order valence-electron chi connectivity index (χ0n) is 11.8. The summed E-state index contributed by atoms with van der Waals surface area (Å²) in [6.07, 6.45) is 0. The van der Waals surface area contributed by atoms with Crippen LogP contribution in [0.15, 0.2) is 48.5 Å². The molecule has 3 nitrogen and oxygen atoms in total. The van der Waals surface area contributed by atoms with Crippen LogP contribution in [0, 0.1) is 11.3 Å². The van der Waals surface area contributed by atoms with E-state index in [0.29, 0.717) is 15.7 Å². The quantitative estimate of drug-likeness (QED) is 0.914. The van der Waals surface area contributed by atoms with Crippen LogP contribution in [0.5, 0.6) is 0 Å². The van der Waals surface area contributed by atoms with Crippen LogP contribution in [0.25, 0.3) is 0 Å². The van der Waals surface area contributed by atoms with Gasteiger partial charge in [0.05, 0.1) is 16.2 Å². The molecule has 1 amide bonds. The van der Waals surface area contributed by atoms with E-state index in [1.165, 1.54) is 17.1 Å². The van der Waals surface area contributed by atoms with E-state index in [1.54, 1.807) is 24.3 Å². The number of rotatable bonds is 3. The maximum absolute atomic E-state index is 12.3. The van der Waals surface area contributed by atoms with Gasteiger partial charge in [-0.05, 0) is 35.9 Å². The Labute approximate surface area is 138 Å². The lowest BCUT2D eigenvalue weighted by Gasteiger charge is -2.11. The van der Waals surface area contributed by atoms with Crippen molar-refractivity contribution in [3.8, 4) is 6.07 Å². The summed E-state index contributed by atoms with van der Waals surface area (Å²) in [4.78, 5) is 12.3. The molecule has 0 aliphatic carbocycles. The molecule has 0 spiro atoms. The van der Waals surface area contributed by atoms with Gasteiger partial charge in [-0.3, -0.25) is 4.79 Å². The fourth-order valence-electron chi connectivity index (χ4n) is 2.25. The highest BCUT2D eigenvalue weighted by Gasteiger charge is 2.18. The van der Waals surface area contributed by atoms with Gasteiger partial charge in [0, 0.05) is 22.8 Å². The number of nitriles is 1. The van der Waals surface area contributed by atoms with E-state index in [9.17, 15) is 4.79 Å². The van der Waals surface area contributed by atoms with Crippen molar-refractivity contribution in [1.29, 1.82) is 5.26 Å². The summed E-state index contributed by atoms with van der Waals surface area (Å²) in [5, 5.41) is 11.8. The Kier molecular flexibility index (Phi) is 4.71. The lowest BCUT2D eigenvalue weighted by Crippen LogP contribution is -2.12. The van der Waals surface area contributed by atoms with E-state index < -0.39 is 0 Å². The van der Waals surface area contributed by atoms with Crippen LogP contribution in [0.2, 0.25) is 0 Å². The van der Waals surface area contributed by atoms with E-state index in [0.717, 1.165) is 5.69 Å². The molecule has 2 aromatic carbocycles. The molecule has 2 aromatic rings. The highest BCUT2D eigenvalue weighted by molar-refractivity contribution is 8.19. The number of nitrogens with zero attached hydrogens (tertiary/aromatic N) is 1. The zero-order chi connectivity index (χ0) is 15.4. The fourth-order valence-corrected chi connectivity index (χ4v) is 5.09. The summed E-state index contributed by atoms with van der Waals surface area (Å²) in [5.74, 6) is 2.15. The highest BCUT2D eigenvalue weighted by Crippen LogP contribution is 2.45. The van der Waals surface area contributed by atoms with Gasteiger partial charge in [0.2, 0.25) is 0 Å². The first-order valence-corrected chi connectivity index (χ1v) is 9.01. The topological polar surface area (TPSA) is 52.9 Å². The number of thioether (sulfide) groups is 2. The molecule has 0 unspecified atom stereocenters. The van der Waals surface area contributed by atoms with Gasteiger partial charge in [0.1, 0.15) is 0 Å². The zero-order valence-corrected chi connectivity index (χ0v) is 13.4. The van der Waals surface area contributed by atoms with Crippen molar-refractivity contribution in [1.82, 2.24) is 0 Å². The number of nitrogens with one attached hydrogen (secondary N) is 1. The Balaban J connectivity index is 1.76. The summed E-state index contributed by atoms with van der Waals surface area (Å²) >= 11 is 3.88. The number of carbonyl (C=O) groups is 1.